The van der Waals surface area contributed by atoms with Gasteiger partial charge in [0.25, 0.3) is 0 Å². The molecule has 4 aromatic rings. The third-order valence-electron chi connectivity index (χ3n) is 4.65. The molecule has 0 saturated carbocycles. The van der Waals surface area contributed by atoms with Gasteiger partial charge in [0.2, 0.25) is 0 Å². The van der Waals surface area contributed by atoms with Crippen LogP contribution >= 0.6 is 0 Å². The van der Waals surface area contributed by atoms with Crippen LogP contribution < -0.4 is 14.9 Å². The van der Waals surface area contributed by atoms with E-state index in [1.165, 1.54) is 0 Å². The van der Waals surface area contributed by atoms with E-state index in [9.17, 15) is 0 Å². The number of rotatable bonds is 7. The zero-order chi connectivity index (χ0) is 21.5. The normalized spacial score (nSPS) is 10.8. The maximum absolute atomic E-state index is 5.42. The Balaban J connectivity index is 1.66. The minimum atomic E-state index is 0.594. The summed E-state index contributed by atoms with van der Waals surface area (Å²) >= 11 is 0. The van der Waals surface area contributed by atoms with Crippen molar-refractivity contribution in [1.82, 2.24) is 9.97 Å². The molecule has 1 heterocycles. The van der Waals surface area contributed by atoms with Crippen molar-refractivity contribution in [1.29, 1.82) is 0 Å². The highest BCUT2D eigenvalue weighted by molar-refractivity contribution is 5.84. The van der Waals surface area contributed by atoms with Gasteiger partial charge in [-0.25, -0.2) is 9.97 Å². The lowest BCUT2D eigenvalue weighted by molar-refractivity contribution is 0.394. The van der Waals surface area contributed by atoms with Gasteiger partial charge < -0.3 is 9.47 Å². The first kappa shape index (κ1) is 20.1. The molecule has 0 aliphatic rings. The Bertz CT molecular complexity index is 1120. The number of methoxy groups -OCH3 is 2. The number of nitrogens with zero attached hydrogens (tertiary/aromatic N) is 3. The molecule has 0 saturated heterocycles. The Morgan fingerprint density at radius 2 is 1.48 bits per heavy atom. The molecule has 0 amide bonds. The molecule has 3 aromatic carbocycles. The summed E-state index contributed by atoms with van der Waals surface area (Å²) in [7, 11) is 3.23. The summed E-state index contributed by atoms with van der Waals surface area (Å²) in [6, 6.07) is 27.3. The number of nitrogens with one attached hydrogen (secondary N) is 1. The molecule has 0 fully saturated rings. The van der Waals surface area contributed by atoms with Crippen molar-refractivity contribution in [2.75, 3.05) is 19.6 Å². The molecule has 154 valence electrons. The maximum atomic E-state index is 5.42. The van der Waals surface area contributed by atoms with Crippen LogP contribution in [0.25, 0.3) is 22.6 Å². The minimum absolute atomic E-state index is 0.594. The molecule has 0 unspecified atom stereocenters. The van der Waals surface area contributed by atoms with Gasteiger partial charge in [0.05, 0.1) is 26.1 Å². The van der Waals surface area contributed by atoms with E-state index in [0.29, 0.717) is 17.4 Å². The average molecular weight is 410 g/mol. The highest BCUT2D eigenvalue weighted by Gasteiger charge is 2.08. The van der Waals surface area contributed by atoms with E-state index in [0.717, 1.165) is 28.1 Å². The van der Waals surface area contributed by atoms with Crippen LogP contribution in [0.4, 0.5) is 5.82 Å². The molecule has 6 nitrogen and oxygen atoms in total. The number of hydrazone groups is 1. The summed E-state index contributed by atoms with van der Waals surface area (Å²) in [5.41, 5.74) is 6.59. The molecule has 0 radical (unpaired) electrons. The first-order valence-electron chi connectivity index (χ1n) is 9.78. The van der Waals surface area contributed by atoms with Crippen LogP contribution in [0.1, 0.15) is 5.56 Å². The van der Waals surface area contributed by atoms with Gasteiger partial charge in [-0.1, -0.05) is 60.7 Å². The van der Waals surface area contributed by atoms with E-state index in [4.69, 9.17) is 14.5 Å². The fourth-order valence-corrected chi connectivity index (χ4v) is 3.07. The van der Waals surface area contributed by atoms with Gasteiger partial charge in [0.15, 0.2) is 11.6 Å². The van der Waals surface area contributed by atoms with Gasteiger partial charge in [0.1, 0.15) is 11.5 Å². The molecule has 0 bridgehead atoms. The van der Waals surface area contributed by atoms with Crippen molar-refractivity contribution in [3.63, 3.8) is 0 Å². The molecule has 4 rings (SSSR count). The largest absolute Gasteiger partial charge is 0.497 e. The molecule has 0 aliphatic carbocycles. The standard InChI is InChI=1S/C25H22N4O2/c1-30-21-14-13-20(23(15-21)31-2)17-26-29-24-16-22(18-9-5-3-6-10-18)27-25(28-24)19-11-7-4-8-12-19/h3-17H,1-2H3,(H,27,28,29)/b26-17+. The van der Waals surface area contributed by atoms with Gasteiger partial charge in [0, 0.05) is 28.8 Å². The molecule has 0 atom stereocenters. The summed E-state index contributed by atoms with van der Waals surface area (Å²) in [4.78, 5) is 9.39. The van der Waals surface area contributed by atoms with Crippen molar-refractivity contribution in [3.05, 3.63) is 90.5 Å². The monoisotopic (exact) mass is 410 g/mol. The van der Waals surface area contributed by atoms with Crippen molar-refractivity contribution in [3.8, 4) is 34.1 Å². The van der Waals surface area contributed by atoms with Gasteiger partial charge >= 0.3 is 0 Å². The van der Waals surface area contributed by atoms with E-state index in [1.54, 1.807) is 20.4 Å². The van der Waals surface area contributed by atoms with Crippen LogP contribution in [-0.2, 0) is 0 Å². The number of benzene rings is 3. The average Bonchev–Trinajstić information content (AvgIpc) is 2.85. The van der Waals surface area contributed by atoms with Crippen LogP contribution in [0.3, 0.4) is 0 Å². The fourth-order valence-electron chi connectivity index (χ4n) is 3.07. The third kappa shape index (κ3) is 4.87. The SMILES string of the molecule is COc1ccc(/C=N/Nc2cc(-c3ccccc3)nc(-c3ccccc3)n2)c(OC)c1. The topological polar surface area (TPSA) is 68.6 Å². The lowest BCUT2D eigenvalue weighted by atomic mass is 10.1. The van der Waals surface area contributed by atoms with Crippen molar-refractivity contribution in [2.24, 2.45) is 5.10 Å². The zero-order valence-corrected chi connectivity index (χ0v) is 17.3. The fraction of sp³-hybridized carbons (Fsp3) is 0.0800. The van der Waals surface area contributed by atoms with E-state index in [1.807, 2.05) is 84.9 Å². The quantitative estimate of drug-likeness (QED) is 0.332. The van der Waals surface area contributed by atoms with Crippen LogP contribution in [0.5, 0.6) is 11.5 Å². The van der Waals surface area contributed by atoms with Crippen LogP contribution in [0.15, 0.2) is 90.0 Å². The zero-order valence-electron chi connectivity index (χ0n) is 17.3. The lowest BCUT2D eigenvalue weighted by Gasteiger charge is -2.09. The second kappa shape index (κ2) is 9.54. The van der Waals surface area contributed by atoms with Gasteiger partial charge in [-0.15, -0.1) is 0 Å². The molecule has 31 heavy (non-hydrogen) atoms. The first-order chi connectivity index (χ1) is 15.3. The van der Waals surface area contributed by atoms with E-state index in [-0.39, 0.29) is 0 Å². The Hall–Kier alpha value is -4.19. The molecule has 0 aliphatic heterocycles. The minimum Gasteiger partial charge on any atom is -0.497 e. The Kier molecular flexibility index (Phi) is 6.18. The van der Waals surface area contributed by atoms with Crippen LogP contribution in [0, 0.1) is 0 Å². The van der Waals surface area contributed by atoms with Crippen molar-refractivity contribution >= 4 is 12.0 Å². The first-order valence-corrected chi connectivity index (χ1v) is 9.78. The molecule has 1 aromatic heterocycles. The highest BCUT2D eigenvalue weighted by Crippen LogP contribution is 2.25. The number of ether oxygens (including phenoxy) is 2. The van der Waals surface area contributed by atoms with Crippen LogP contribution in [0.2, 0.25) is 0 Å². The van der Waals surface area contributed by atoms with Gasteiger partial charge in [-0.05, 0) is 12.1 Å². The molecular weight excluding hydrogens is 388 g/mol. The lowest BCUT2D eigenvalue weighted by Crippen LogP contribution is -2.00. The summed E-state index contributed by atoms with van der Waals surface area (Å²) in [5.74, 6) is 2.61. The maximum Gasteiger partial charge on any atom is 0.162 e. The van der Waals surface area contributed by atoms with Crippen molar-refractivity contribution in [2.45, 2.75) is 0 Å². The smallest absolute Gasteiger partial charge is 0.162 e. The number of anilines is 1. The Morgan fingerprint density at radius 3 is 2.16 bits per heavy atom. The number of aromatic nitrogens is 2. The summed E-state index contributed by atoms with van der Waals surface area (Å²) in [6.45, 7) is 0. The van der Waals surface area contributed by atoms with Gasteiger partial charge in [-0.3, -0.25) is 5.43 Å². The number of hydrogen-bond donors (Lipinski definition) is 1. The summed E-state index contributed by atoms with van der Waals surface area (Å²) in [5, 5.41) is 4.36. The van der Waals surface area contributed by atoms with E-state index >= 15 is 0 Å². The second-order valence-electron chi connectivity index (χ2n) is 6.67. The van der Waals surface area contributed by atoms with E-state index in [2.05, 4.69) is 15.5 Å². The highest BCUT2D eigenvalue weighted by atomic mass is 16.5. The molecular formula is C25H22N4O2. The third-order valence-corrected chi connectivity index (χ3v) is 4.65. The predicted octanol–water partition coefficient (Wildman–Crippen LogP) is 5.27. The predicted molar refractivity (Wildman–Crippen MR) is 124 cm³/mol. The van der Waals surface area contributed by atoms with E-state index < -0.39 is 0 Å². The number of hydrogen-bond acceptors (Lipinski definition) is 6. The Labute approximate surface area is 181 Å². The second-order valence-corrected chi connectivity index (χ2v) is 6.67. The summed E-state index contributed by atoms with van der Waals surface area (Å²) < 4.78 is 10.7. The van der Waals surface area contributed by atoms with Crippen molar-refractivity contribution < 1.29 is 9.47 Å². The molecule has 1 N–H and O–H groups in total. The molecule has 6 heteroatoms. The molecule has 0 spiro atoms. The summed E-state index contributed by atoms with van der Waals surface area (Å²) in [6.07, 6.45) is 1.69. The Morgan fingerprint density at radius 1 is 0.774 bits per heavy atom. The van der Waals surface area contributed by atoms with Crippen LogP contribution in [-0.4, -0.2) is 30.4 Å². The van der Waals surface area contributed by atoms with Gasteiger partial charge in [-0.2, -0.15) is 5.10 Å².